The molecule has 1 amide bonds. The Hall–Kier alpha value is -3.88. The minimum atomic E-state index is -0.154. The van der Waals surface area contributed by atoms with Crippen molar-refractivity contribution in [2.45, 2.75) is 0 Å². The number of likely N-dealkylation sites (N-methyl/N-ethyl adjacent to an activating group) is 1. The highest BCUT2D eigenvalue weighted by molar-refractivity contribution is 7.13. The van der Waals surface area contributed by atoms with Crippen LogP contribution in [-0.2, 0) is 0 Å². The number of benzene rings is 3. The topological polar surface area (TPSA) is 66.9 Å². The quantitative estimate of drug-likeness (QED) is 0.351. The Morgan fingerprint density at radius 2 is 1.59 bits per heavy atom. The smallest absolute Gasteiger partial charge is 0.255 e. The van der Waals surface area contributed by atoms with Gasteiger partial charge in [-0.3, -0.25) is 4.79 Å². The van der Waals surface area contributed by atoms with Gasteiger partial charge in [-0.1, -0.05) is 12.1 Å². The minimum absolute atomic E-state index is 0.154. The SMILES string of the molecule is COc1ccc(-c2csc(-c3ccc(C(=O)Nc4ccc(OC)c(N5CCN(C)CC5)c4)cc3)n2)cc1. The second-order valence-corrected chi connectivity index (χ2v) is 9.83. The molecule has 7 nitrogen and oxygen atoms in total. The third-order valence-corrected chi connectivity index (χ3v) is 7.46. The maximum atomic E-state index is 13.0. The predicted octanol–water partition coefficient (Wildman–Crippen LogP) is 5.50. The van der Waals surface area contributed by atoms with Crippen molar-refractivity contribution in [2.75, 3.05) is 57.7 Å². The number of nitrogens with one attached hydrogen (secondary N) is 1. The number of ether oxygens (including phenoxy) is 2. The molecule has 3 aromatic carbocycles. The van der Waals surface area contributed by atoms with E-state index in [0.717, 1.165) is 70.9 Å². The molecule has 1 aliphatic rings. The zero-order valence-electron chi connectivity index (χ0n) is 21.2. The molecular formula is C29H30N4O3S. The number of anilines is 2. The Bertz CT molecular complexity index is 1360. The van der Waals surface area contributed by atoms with Gasteiger partial charge in [0.05, 0.1) is 25.6 Å². The first-order valence-electron chi connectivity index (χ1n) is 12.2. The predicted molar refractivity (Wildman–Crippen MR) is 150 cm³/mol. The van der Waals surface area contributed by atoms with Gasteiger partial charge in [-0.05, 0) is 61.6 Å². The molecule has 190 valence electrons. The zero-order chi connectivity index (χ0) is 25.8. The fourth-order valence-electron chi connectivity index (χ4n) is 4.33. The lowest BCUT2D eigenvalue weighted by atomic mass is 10.1. The fourth-order valence-corrected chi connectivity index (χ4v) is 5.17. The summed E-state index contributed by atoms with van der Waals surface area (Å²) in [5, 5.41) is 5.99. The number of hydrogen-bond acceptors (Lipinski definition) is 7. The lowest BCUT2D eigenvalue weighted by Gasteiger charge is -2.34. The summed E-state index contributed by atoms with van der Waals surface area (Å²) in [7, 11) is 5.46. The van der Waals surface area contributed by atoms with Gasteiger partial charge in [-0.25, -0.2) is 4.98 Å². The molecule has 1 aromatic heterocycles. The van der Waals surface area contributed by atoms with Crippen LogP contribution in [0.3, 0.4) is 0 Å². The number of rotatable bonds is 7. The number of thiazole rings is 1. The van der Waals surface area contributed by atoms with Crippen molar-refractivity contribution < 1.29 is 14.3 Å². The maximum Gasteiger partial charge on any atom is 0.255 e. The van der Waals surface area contributed by atoms with Crippen LogP contribution in [0.25, 0.3) is 21.8 Å². The van der Waals surface area contributed by atoms with Gasteiger partial charge in [0.2, 0.25) is 0 Å². The molecule has 1 saturated heterocycles. The summed E-state index contributed by atoms with van der Waals surface area (Å²) < 4.78 is 10.8. The van der Waals surface area contributed by atoms with Crippen LogP contribution in [-0.4, -0.2) is 63.2 Å². The van der Waals surface area contributed by atoms with Crippen molar-refractivity contribution in [2.24, 2.45) is 0 Å². The molecule has 2 heterocycles. The molecule has 0 unspecified atom stereocenters. The molecule has 8 heteroatoms. The summed E-state index contributed by atoms with van der Waals surface area (Å²) in [4.78, 5) is 22.4. The Balaban J connectivity index is 1.28. The molecule has 37 heavy (non-hydrogen) atoms. The average molecular weight is 515 g/mol. The monoisotopic (exact) mass is 514 g/mol. The van der Waals surface area contributed by atoms with Crippen LogP contribution in [0.5, 0.6) is 11.5 Å². The summed E-state index contributed by atoms with van der Waals surface area (Å²) >= 11 is 1.58. The summed E-state index contributed by atoms with van der Waals surface area (Å²) in [6.07, 6.45) is 0. The standard InChI is InChI=1S/C29H30N4O3S/c1-32-14-16-33(17-15-32)26-18-23(10-13-27(26)36-3)30-28(34)21-4-6-22(7-5-21)29-31-25(19-37-29)20-8-11-24(35-2)12-9-20/h4-13,18-19H,14-17H2,1-3H3,(H,30,34). The van der Waals surface area contributed by atoms with E-state index in [-0.39, 0.29) is 5.91 Å². The van der Waals surface area contributed by atoms with Crippen LogP contribution < -0.4 is 19.7 Å². The molecule has 0 spiro atoms. The Labute approximate surface area is 221 Å². The fraction of sp³-hybridized carbons (Fsp3) is 0.241. The van der Waals surface area contributed by atoms with E-state index in [1.165, 1.54) is 0 Å². The van der Waals surface area contributed by atoms with Crippen molar-refractivity contribution >= 4 is 28.6 Å². The van der Waals surface area contributed by atoms with E-state index in [0.29, 0.717) is 5.56 Å². The first-order chi connectivity index (χ1) is 18.0. The van der Waals surface area contributed by atoms with Crippen LogP contribution in [0.1, 0.15) is 10.4 Å². The summed E-state index contributed by atoms with van der Waals surface area (Å²) in [6.45, 7) is 3.82. The van der Waals surface area contributed by atoms with Gasteiger partial charge in [0.1, 0.15) is 16.5 Å². The third-order valence-electron chi connectivity index (χ3n) is 6.56. The molecule has 1 N–H and O–H groups in total. The third kappa shape index (κ3) is 5.60. The first-order valence-corrected chi connectivity index (χ1v) is 13.1. The molecule has 0 atom stereocenters. The van der Waals surface area contributed by atoms with Crippen molar-refractivity contribution in [3.05, 3.63) is 77.7 Å². The molecule has 0 aliphatic carbocycles. The molecule has 1 fully saturated rings. The summed E-state index contributed by atoms with van der Waals surface area (Å²) in [5.41, 5.74) is 5.26. The number of aromatic nitrogens is 1. The van der Waals surface area contributed by atoms with Crippen LogP contribution in [0.2, 0.25) is 0 Å². The van der Waals surface area contributed by atoms with E-state index in [1.807, 2.05) is 72.1 Å². The zero-order valence-corrected chi connectivity index (χ0v) is 22.0. The van der Waals surface area contributed by atoms with Gasteiger partial charge >= 0.3 is 0 Å². The number of carbonyl (C=O) groups is 1. The second-order valence-electron chi connectivity index (χ2n) is 8.97. The average Bonchev–Trinajstić information content (AvgIpc) is 3.44. The molecular weight excluding hydrogens is 484 g/mol. The molecule has 4 aromatic rings. The van der Waals surface area contributed by atoms with Crippen molar-refractivity contribution in [3.8, 4) is 33.3 Å². The van der Waals surface area contributed by atoms with Gasteiger partial charge in [0.15, 0.2) is 0 Å². The van der Waals surface area contributed by atoms with E-state index < -0.39 is 0 Å². The molecule has 5 rings (SSSR count). The lowest BCUT2D eigenvalue weighted by Crippen LogP contribution is -2.44. The van der Waals surface area contributed by atoms with Crippen LogP contribution in [0.4, 0.5) is 11.4 Å². The number of hydrogen-bond donors (Lipinski definition) is 1. The maximum absolute atomic E-state index is 13.0. The molecule has 0 bridgehead atoms. The minimum Gasteiger partial charge on any atom is -0.497 e. The highest BCUT2D eigenvalue weighted by atomic mass is 32.1. The van der Waals surface area contributed by atoms with Gasteiger partial charge < -0.3 is 24.6 Å². The summed E-state index contributed by atoms with van der Waals surface area (Å²) in [5.74, 6) is 1.47. The molecule has 0 radical (unpaired) electrons. The number of methoxy groups -OCH3 is 2. The van der Waals surface area contributed by atoms with E-state index in [4.69, 9.17) is 14.5 Å². The van der Waals surface area contributed by atoms with E-state index in [2.05, 4.69) is 22.2 Å². The van der Waals surface area contributed by atoms with Crippen LogP contribution in [0.15, 0.2) is 72.1 Å². The van der Waals surface area contributed by atoms with E-state index >= 15 is 0 Å². The van der Waals surface area contributed by atoms with Gasteiger partial charge in [-0.15, -0.1) is 11.3 Å². The summed E-state index contributed by atoms with van der Waals surface area (Å²) in [6, 6.07) is 21.2. The Morgan fingerprint density at radius 1 is 0.892 bits per heavy atom. The van der Waals surface area contributed by atoms with Crippen molar-refractivity contribution in [1.82, 2.24) is 9.88 Å². The van der Waals surface area contributed by atoms with E-state index in [9.17, 15) is 4.79 Å². The second kappa shape index (κ2) is 11.0. The first kappa shape index (κ1) is 24.8. The molecule has 1 aliphatic heterocycles. The number of carbonyl (C=O) groups excluding carboxylic acids is 1. The largest absolute Gasteiger partial charge is 0.497 e. The van der Waals surface area contributed by atoms with Gasteiger partial charge in [-0.2, -0.15) is 0 Å². The Morgan fingerprint density at radius 3 is 2.27 bits per heavy atom. The number of piperazine rings is 1. The van der Waals surface area contributed by atoms with Crippen molar-refractivity contribution in [3.63, 3.8) is 0 Å². The van der Waals surface area contributed by atoms with Crippen molar-refractivity contribution in [1.29, 1.82) is 0 Å². The number of amides is 1. The number of nitrogens with zero attached hydrogens (tertiary/aromatic N) is 3. The van der Waals surface area contributed by atoms with Crippen LogP contribution >= 0.6 is 11.3 Å². The molecule has 0 saturated carbocycles. The normalized spacial score (nSPS) is 13.9. The van der Waals surface area contributed by atoms with Gasteiger partial charge in [0.25, 0.3) is 5.91 Å². The van der Waals surface area contributed by atoms with Gasteiger partial charge in [0, 0.05) is 53.9 Å². The Kier molecular flexibility index (Phi) is 7.39. The highest BCUT2D eigenvalue weighted by Gasteiger charge is 2.19. The lowest BCUT2D eigenvalue weighted by molar-refractivity contribution is 0.102. The van der Waals surface area contributed by atoms with Crippen LogP contribution in [0, 0.1) is 0 Å². The van der Waals surface area contributed by atoms with E-state index in [1.54, 1.807) is 25.6 Å². The highest BCUT2D eigenvalue weighted by Crippen LogP contribution is 2.33.